The molecule has 0 bridgehead atoms. The third-order valence-electron chi connectivity index (χ3n) is 6.38. The maximum atomic E-state index is 5.75. The normalized spacial score (nSPS) is 20.9. The Balaban J connectivity index is 0.00000210. The summed E-state index contributed by atoms with van der Waals surface area (Å²) in [6.45, 7) is 8.90. The zero-order valence-electron chi connectivity index (χ0n) is 16.7. The number of fused-ring (bicyclic) bond motifs is 1. The molecule has 1 saturated carbocycles. The van der Waals surface area contributed by atoms with Gasteiger partial charge in [0.2, 0.25) is 0 Å². The molecule has 0 radical (unpaired) electrons. The molecule has 2 heterocycles. The lowest BCUT2D eigenvalue weighted by molar-refractivity contribution is 0.151. The highest BCUT2D eigenvalue weighted by Gasteiger charge is 2.43. The van der Waals surface area contributed by atoms with Crippen LogP contribution in [-0.4, -0.2) is 50.8 Å². The maximum Gasteiger partial charge on any atom is 0.193 e. The molecule has 1 aromatic carbocycles. The quantitative estimate of drug-likeness (QED) is 0.402. The highest BCUT2D eigenvalue weighted by atomic mass is 127. The smallest absolute Gasteiger partial charge is 0.193 e. The topological polar surface area (TPSA) is 46.1 Å². The van der Waals surface area contributed by atoms with Crippen molar-refractivity contribution in [1.29, 1.82) is 0 Å². The number of ether oxygens (including phenoxy) is 2. The van der Waals surface area contributed by atoms with Crippen molar-refractivity contribution in [1.82, 2.24) is 10.2 Å². The van der Waals surface area contributed by atoms with E-state index < -0.39 is 0 Å². The first kappa shape index (κ1) is 20.6. The Labute approximate surface area is 179 Å². The second kappa shape index (κ2) is 8.05. The van der Waals surface area contributed by atoms with E-state index in [4.69, 9.17) is 9.47 Å². The van der Waals surface area contributed by atoms with Crippen molar-refractivity contribution in [3.8, 4) is 11.5 Å². The minimum Gasteiger partial charge on any atom is -0.486 e. The molecular formula is C21H32IN3O2. The van der Waals surface area contributed by atoms with Crippen LogP contribution >= 0.6 is 24.0 Å². The second-order valence-corrected chi connectivity index (χ2v) is 8.67. The molecule has 6 heteroatoms. The fraction of sp³-hybridized carbons (Fsp3) is 0.667. The molecule has 3 aliphatic rings. The van der Waals surface area contributed by atoms with Crippen molar-refractivity contribution in [2.75, 3.05) is 39.9 Å². The Morgan fingerprint density at radius 3 is 2.56 bits per heavy atom. The first-order valence-corrected chi connectivity index (χ1v) is 9.87. The van der Waals surface area contributed by atoms with Gasteiger partial charge in [0.25, 0.3) is 0 Å². The van der Waals surface area contributed by atoms with Gasteiger partial charge in [0, 0.05) is 32.1 Å². The van der Waals surface area contributed by atoms with Gasteiger partial charge in [-0.15, -0.1) is 24.0 Å². The first-order valence-electron chi connectivity index (χ1n) is 9.87. The Kier molecular flexibility index (Phi) is 6.13. The van der Waals surface area contributed by atoms with Gasteiger partial charge in [-0.3, -0.25) is 4.99 Å². The van der Waals surface area contributed by atoms with Crippen LogP contribution in [0.25, 0.3) is 0 Å². The Bertz CT molecular complexity index is 701. The van der Waals surface area contributed by atoms with E-state index >= 15 is 0 Å². The monoisotopic (exact) mass is 485 g/mol. The average Bonchev–Trinajstić information content (AvgIpc) is 3.08. The van der Waals surface area contributed by atoms with Gasteiger partial charge in [-0.1, -0.05) is 26.3 Å². The van der Waals surface area contributed by atoms with E-state index in [1.54, 1.807) is 0 Å². The minimum absolute atomic E-state index is 0. The highest BCUT2D eigenvalue weighted by molar-refractivity contribution is 14.0. The number of rotatable bonds is 3. The summed E-state index contributed by atoms with van der Waals surface area (Å²) >= 11 is 0. The van der Waals surface area contributed by atoms with Crippen LogP contribution in [0.3, 0.4) is 0 Å². The summed E-state index contributed by atoms with van der Waals surface area (Å²) in [5.74, 6) is 2.75. The van der Waals surface area contributed by atoms with E-state index in [-0.39, 0.29) is 29.4 Å². The van der Waals surface area contributed by atoms with E-state index in [9.17, 15) is 0 Å². The molecule has 2 aliphatic heterocycles. The third kappa shape index (κ3) is 4.15. The summed E-state index contributed by atoms with van der Waals surface area (Å²) in [4.78, 5) is 6.99. The van der Waals surface area contributed by atoms with Gasteiger partial charge in [0.05, 0.1) is 0 Å². The number of nitrogens with one attached hydrogen (secondary N) is 1. The van der Waals surface area contributed by atoms with E-state index in [0.29, 0.717) is 18.6 Å². The standard InChI is InChI=1S/C21H31N3O2.HI/c1-20(2,16-5-6-17-18(13-16)26-12-11-25-17)14-23-19(22-3)24-10-9-21(15-24)7-4-8-21;/h5-6,13H,4,7-12,14-15H2,1-3H3,(H,22,23);1H. The molecule has 1 saturated heterocycles. The summed E-state index contributed by atoms with van der Waals surface area (Å²) in [6.07, 6.45) is 5.50. The lowest BCUT2D eigenvalue weighted by Gasteiger charge is -2.38. The van der Waals surface area contributed by atoms with Gasteiger partial charge in [0.15, 0.2) is 17.5 Å². The molecule has 0 aromatic heterocycles. The van der Waals surface area contributed by atoms with E-state index in [1.807, 2.05) is 13.1 Å². The lowest BCUT2D eigenvalue weighted by Crippen LogP contribution is -2.46. The van der Waals surface area contributed by atoms with Crippen molar-refractivity contribution < 1.29 is 9.47 Å². The number of likely N-dealkylation sites (tertiary alicyclic amines) is 1. The van der Waals surface area contributed by atoms with Gasteiger partial charge >= 0.3 is 0 Å². The van der Waals surface area contributed by atoms with E-state index in [2.05, 4.69) is 41.2 Å². The molecule has 1 aliphatic carbocycles. The number of halogens is 1. The van der Waals surface area contributed by atoms with Crippen LogP contribution in [0.15, 0.2) is 23.2 Å². The molecule has 4 rings (SSSR count). The molecule has 0 unspecified atom stereocenters. The van der Waals surface area contributed by atoms with Gasteiger partial charge in [0.1, 0.15) is 13.2 Å². The fourth-order valence-electron chi connectivity index (χ4n) is 4.40. The van der Waals surface area contributed by atoms with Crippen LogP contribution in [0, 0.1) is 5.41 Å². The summed E-state index contributed by atoms with van der Waals surface area (Å²) in [7, 11) is 1.89. The molecule has 1 aromatic rings. The molecule has 27 heavy (non-hydrogen) atoms. The van der Waals surface area contributed by atoms with Crippen molar-refractivity contribution in [2.24, 2.45) is 10.4 Å². The Morgan fingerprint density at radius 1 is 1.19 bits per heavy atom. The number of aliphatic imine (C=N–C) groups is 1. The van der Waals surface area contributed by atoms with Gasteiger partial charge in [-0.05, 0) is 42.4 Å². The van der Waals surface area contributed by atoms with Crippen molar-refractivity contribution >= 4 is 29.9 Å². The van der Waals surface area contributed by atoms with Crippen LogP contribution in [0.5, 0.6) is 11.5 Å². The number of hydrogen-bond donors (Lipinski definition) is 1. The highest BCUT2D eigenvalue weighted by Crippen LogP contribution is 2.47. The Morgan fingerprint density at radius 2 is 1.93 bits per heavy atom. The molecule has 0 amide bonds. The van der Waals surface area contributed by atoms with Crippen LogP contribution in [-0.2, 0) is 5.41 Å². The predicted molar refractivity (Wildman–Crippen MR) is 120 cm³/mol. The molecular weight excluding hydrogens is 453 g/mol. The number of hydrogen-bond acceptors (Lipinski definition) is 3. The summed E-state index contributed by atoms with van der Waals surface area (Å²) < 4.78 is 11.4. The summed E-state index contributed by atoms with van der Waals surface area (Å²) in [5.41, 5.74) is 1.81. The van der Waals surface area contributed by atoms with Gasteiger partial charge < -0.3 is 19.7 Å². The number of benzene rings is 1. The Hall–Kier alpha value is -1.18. The average molecular weight is 485 g/mol. The fourth-order valence-corrected chi connectivity index (χ4v) is 4.40. The lowest BCUT2D eigenvalue weighted by atomic mass is 9.68. The van der Waals surface area contributed by atoms with E-state index in [1.165, 1.54) is 31.2 Å². The molecule has 5 nitrogen and oxygen atoms in total. The van der Waals surface area contributed by atoms with Crippen molar-refractivity contribution in [2.45, 2.75) is 44.9 Å². The van der Waals surface area contributed by atoms with Crippen LogP contribution in [0.1, 0.15) is 45.1 Å². The van der Waals surface area contributed by atoms with E-state index in [0.717, 1.165) is 37.1 Å². The minimum atomic E-state index is -0.0281. The van der Waals surface area contributed by atoms with Crippen molar-refractivity contribution in [3.05, 3.63) is 23.8 Å². The molecule has 0 atom stereocenters. The molecule has 1 N–H and O–H groups in total. The van der Waals surface area contributed by atoms with Crippen LogP contribution < -0.4 is 14.8 Å². The zero-order valence-corrected chi connectivity index (χ0v) is 19.0. The third-order valence-corrected chi connectivity index (χ3v) is 6.38. The van der Waals surface area contributed by atoms with Crippen molar-refractivity contribution in [3.63, 3.8) is 0 Å². The number of nitrogens with zero attached hydrogens (tertiary/aromatic N) is 2. The van der Waals surface area contributed by atoms with Crippen LogP contribution in [0.2, 0.25) is 0 Å². The van der Waals surface area contributed by atoms with Crippen LogP contribution in [0.4, 0.5) is 0 Å². The largest absolute Gasteiger partial charge is 0.486 e. The maximum absolute atomic E-state index is 5.75. The predicted octanol–water partition coefficient (Wildman–Crippen LogP) is 3.80. The first-order chi connectivity index (χ1) is 12.5. The molecule has 150 valence electrons. The second-order valence-electron chi connectivity index (χ2n) is 8.67. The SMILES string of the molecule is CN=C(NCC(C)(C)c1ccc2c(c1)OCCO2)N1CCC2(CCC2)C1.I. The zero-order chi connectivity index (χ0) is 18.2. The molecule has 1 spiro atoms. The van der Waals surface area contributed by atoms with Gasteiger partial charge in [-0.2, -0.15) is 0 Å². The number of guanidine groups is 1. The summed E-state index contributed by atoms with van der Waals surface area (Å²) in [5, 5.41) is 3.62. The van der Waals surface area contributed by atoms with Gasteiger partial charge in [-0.25, -0.2) is 0 Å². The summed E-state index contributed by atoms with van der Waals surface area (Å²) in [6, 6.07) is 6.30. The molecule has 2 fully saturated rings.